The quantitative estimate of drug-likeness (QED) is 0.403. The lowest BCUT2D eigenvalue weighted by atomic mass is 10.0. The van der Waals surface area contributed by atoms with Gasteiger partial charge in [-0.1, -0.05) is 58.3 Å². The molecule has 0 aromatic heterocycles. The smallest absolute Gasteiger partial charge is 0.132 e. The van der Waals surface area contributed by atoms with Gasteiger partial charge in [-0.15, -0.1) is 11.8 Å². The molecule has 1 saturated heterocycles. The topological polar surface area (TPSA) is 90.2 Å². The number of ether oxygens (including phenoxy) is 1. The maximum Gasteiger partial charge on any atom is 0.132 e. The molecule has 0 spiro atoms. The largest absolute Gasteiger partial charge is 0.394 e. The third-order valence-corrected chi connectivity index (χ3v) is 5.62. The van der Waals surface area contributed by atoms with E-state index in [1.165, 1.54) is 56.7 Å². The first-order valence-electron chi connectivity index (χ1n) is 9.04. The molecule has 138 valence electrons. The molecule has 1 fully saturated rings. The van der Waals surface area contributed by atoms with Crippen molar-refractivity contribution in [2.45, 2.75) is 94.6 Å². The van der Waals surface area contributed by atoms with Gasteiger partial charge in [0, 0.05) is 0 Å². The number of aliphatic hydroxyl groups is 4. The molecule has 6 heteroatoms. The van der Waals surface area contributed by atoms with Crippen LogP contribution in [0.2, 0.25) is 0 Å². The highest BCUT2D eigenvalue weighted by atomic mass is 32.2. The first kappa shape index (κ1) is 21.2. The van der Waals surface area contributed by atoms with E-state index in [-0.39, 0.29) is 6.61 Å². The molecule has 5 unspecified atom stereocenters. The molecule has 23 heavy (non-hydrogen) atoms. The molecular weight excluding hydrogens is 316 g/mol. The van der Waals surface area contributed by atoms with Crippen molar-refractivity contribution < 1.29 is 25.2 Å². The summed E-state index contributed by atoms with van der Waals surface area (Å²) < 4.78 is 5.47. The molecule has 0 aromatic carbocycles. The first-order chi connectivity index (χ1) is 11.1. The lowest BCUT2D eigenvalue weighted by molar-refractivity contribution is -0.205. The third-order valence-electron chi connectivity index (χ3n) is 4.38. The second-order valence-corrected chi connectivity index (χ2v) is 7.60. The van der Waals surface area contributed by atoms with Crippen molar-refractivity contribution >= 4 is 11.8 Å². The summed E-state index contributed by atoms with van der Waals surface area (Å²) in [5.41, 5.74) is -0.584. The summed E-state index contributed by atoms with van der Waals surface area (Å²) >= 11 is 1.45. The van der Waals surface area contributed by atoms with E-state index in [1.807, 2.05) is 0 Å². The number of hydrogen-bond donors (Lipinski definition) is 4. The molecule has 1 rings (SSSR count). The van der Waals surface area contributed by atoms with Crippen molar-refractivity contribution in [3.8, 4) is 0 Å². The summed E-state index contributed by atoms with van der Waals surface area (Å²) in [6, 6.07) is 0. The number of aliphatic hydroxyl groups excluding tert-OH is 4. The molecule has 5 atom stereocenters. The number of rotatable bonds is 12. The highest BCUT2D eigenvalue weighted by Gasteiger charge is 2.43. The van der Waals surface area contributed by atoms with Crippen LogP contribution in [0.3, 0.4) is 0 Å². The number of hydrogen-bond acceptors (Lipinski definition) is 6. The van der Waals surface area contributed by atoms with Crippen LogP contribution in [0.25, 0.3) is 0 Å². The highest BCUT2D eigenvalue weighted by Crippen LogP contribution is 2.29. The Morgan fingerprint density at radius 3 is 1.91 bits per heavy atom. The maximum atomic E-state index is 9.93. The second kappa shape index (κ2) is 12.5. The van der Waals surface area contributed by atoms with Gasteiger partial charge in [-0.05, 0) is 12.2 Å². The van der Waals surface area contributed by atoms with Crippen LogP contribution in [0.5, 0.6) is 0 Å². The van der Waals surface area contributed by atoms with Gasteiger partial charge in [0.25, 0.3) is 0 Å². The predicted octanol–water partition coefficient (Wildman–Crippen LogP) is 2.05. The predicted molar refractivity (Wildman–Crippen MR) is 93.5 cm³/mol. The number of thioether (sulfide) groups is 1. The Balaban J connectivity index is 2.06. The van der Waals surface area contributed by atoms with Gasteiger partial charge in [0.2, 0.25) is 0 Å². The standard InChI is InChI=1S/C17H34O5S/c1-2-3-4-5-6-7-8-9-10-11-23-17-16(21)15(20)14(19)13(12-18)22-17/h13-21H,2-12H2,1H3. The first-order valence-corrected chi connectivity index (χ1v) is 10.1. The van der Waals surface area contributed by atoms with Crippen molar-refractivity contribution in [1.29, 1.82) is 0 Å². The van der Waals surface area contributed by atoms with Gasteiger partial charge in [0.05, 0.1) is 6.61 Å². The fourth-order valence-corrected chi connectivity index (χ4v) is 4.00. The fraction of sp³-hybridized carbons (Fsp3) is 1.00. The maximum absolute atomic E-state index is 9.93. The molecule has 0 aliphatic carbocycles. The summed E-state index contributed by atoms with van der Waals surface area (Å²) in [5.74, 6) is 0.846. The SMILES string of the molecule is CCCCCCCCCCCSC1OC(CO)C(O)C(O)C1O. The minimum absolute atomic E-state index is 0.361. The van der Waals surface area contributed by atoms with Crippen LogP contribution in [0.15, 0.2) is 0 Å². The van der Waals surface area contributed by atoms with E-state index in [0.717, 1.165) is 18.6 Å². The summed E-state index contributed by atoms with van der Waals surface area (Å²) in [6.45, 7) is 1.87. The van der Waals surface area contributed by atoms with E-state index >= 15 is 0 Å². The van der Waals surface area contributed by atoms with Crippen LogP contribution in [0.1, 0.15) is 64.7 Å². The summed E-state index contributed by atoms with van der Waals surface area (Å²) in [5, 5.41) is 38.5. The van der Waals surface area contributed by atoms with Crippen LogP contribution in [0, 0.1) is 0 Å². The van der Waals surface area contributed by atoms with Gasteiger partial charge >= 0.3 is 0 Å². The Bertz CT molecular complexity index is 290. The fourth-order valence-electron chi connectivity index (χ4n) is 2.82. The Morgan fingerprint density at radius 2 is 1.35 bits per heavy atom. The van der Waals surface area contributed by atoms with Gasteiger partial charge in [0.15, 0.2) is 0 Å². The zero-order chi connectivity index (χ0) is 17.1. The Labute approximate surface area is 144 Å². The van der Waals surface area contributed by atoms with Gasteiger partial charge in [-0.2, -0.15) is 0 Å². The lowest BCUT2D eigenvalue weighted by Crippen LogP contribution is -2.57. The summed E-state index contributed by atoms with van der Waals surface area (Å²) in [7, 11) is 0. The van der Waals surface area contributed by atoms with Gasteiger partial charge in [-0.3, -0.25) is 0 Å². The normalized spacial score (nSPS) is 31.4. The average Bonchev–Trinajstić information content (AvgIpc) is 2.56. The van der Waals surface area contributed by atoms with Crippen LogP contribution in [0.4, 0.5) is 0 Å². The minimum atomic E-state index is -1.26. The van der Waals surface area contributed by atoms with Crippen molar-refractivity contribution in [3.63, 3.8) is 0 Å². The van der Waals surface area contributed by atoms with E-state index in [1.54, 1.807) is 0 Å². The number of unbranched alkanes of at least 4 members (excludes halogenated alkanes) is 8. The molecule has 1 aliphatic heterocycles. The molecule has 4 N–H and O–H groups in total. The van der Waals surface area contributed by atoms with Gasteiger partial charge in [-0.25, -0.2) is 0 Å². The Hall–Kier alpha value is 0.150. The molecule has 0 radical (unpaired) electrons. The molecule has 0 saturated carbocycles. The van der Waals surface area contributed by atoms with Crippen molar-refractivity contribution in [3.05, 3.63) is 0 Å². The van der Waals surface area contributed by atoms with Crippen molar-refractivity contribution in [2.75, 3.05) is 12.4 Å². The van der Waals surface area contributed by atoms with Crippen molar-refractivity contribution in [1.82, 2.24) is 0 Å². The van der Waals surface area contributed by atoms with E-state index in [2.05, 4.69) is 6.92 Å². The molecule has 0 aromatic rings. The van der Waals surface area contributed by atoms with E-state index in [4.69, 9.17) is 9.84 Å². The Kier molecular flexibility index (Phi) is 11.5. The van der Waals surface area contributed by atoms with Crippen LogP contribution >= 0.6 is 11.8 Å². The molecular formula is C17H34O5S. The second-order valence-electron chi connectivity index (χ2n) is 6.40. The minimum Gasteiger partial charge on any atom is -0.394 e. The lowest BCUT2D eigenvalue weighted by Gasteiger charge is -2.39. The molecule has 1 aliphatic rings. The van der Waals surface area contributed by atoms with E-state index in [0.29, 0.717) is 0 Å². The zero-order valence-electron chi connectivity index (χ0n) is 14.3. The zero-order valence-corrected chi connectivity index (χ0v) is 15.1. The monoisotopic (exact) mass is 350 g/mol. The van der Waals surface area contributed by atoms with Gasteiger partial charge < -0.3 is 25.2 Å². The van der Waals surface area contributed by atoms with Crippen LogP contribution < -0.4 is 0 Å². The van der Waals surface area contributed by atoms with E-state index < -0.39 is 29.9 Å². The molecule has 0 bridgehead atoms. The molecule has 1 heterocycles. The summed E-state index contributed by atoms with van der Waals surface area (Å²) in [4.78, 5) is 0. The molecule has 5 nitrogen and oxygen atoms in total. The van der Waals surface area contributed by atoms with E-state index in [9.17, 15) is 15.3 Å². The average molecular weight is 351 g/mol. The Morgan fingerprint density at radius 1 is 0.783 bits per heavy atom. The third kappa shape index (κ3) is 7.71. The van der Waals surface area contributed by atoms with Crippen LogP contribution in [-0.4, -0.2) is 62.6 Å². The van der Waals surface area contributed by atoms with Crippen molar-refractivity contribution in [2.24, 2.45) is 0 Å². The summed E-state index contributed by atoms with van der Waals surface area (Å²) in [6.07, 6.45) is 6.94. The highest BCUT2D eigenvalue weighted by molar-refractivity contribution is 7.99. The molecule has 0 amide bonds. The van der Waals surface area contributed by atoms with Crippen LogP contribution in [-0.2, 0) is 4.74 Å². The van der Waals surface area contributed by atoms with Gasteiger partial charge in [0.1, 0.15) is 29.9 Å².